The Morgan fingerprint density at radius 3 is 2.59 bits per heavy atom. The number of halogens is 3. The van der Waals surface area contributed by atoms with Crippen LogP contribution in [0.3, 0.4) is 0 Å². The van der Waals surface area contributed by atoms with Gasteiger partial charge in [-0.25, -0.2) is 9.37 Å². The van der Waals surface area contributed by atoms with Gasteiger partial charge in [0.2, 0.25) is 5.95 Å². The third kappa shape index (κ3) is 2.95. The van der Waals surface area contributed by atoms with Crippen molar-refractivity contribution >= 4 is 17.7 Å². The van der Waals surface area contributed by atoms with Crippen molar-refractivity contribution in [2.75, 3.05) is 29.4 Å². The Bertz CT molecular complexity index is 839. The minimum absolute atomic E-state index is 0.122. The molecule has 3 aliphatic heterocycles. The number of carbonyl (C=O) groups is 1. The van der Waals surface area contributed by atoms with E-state index in [1.54, 1.807) is 11.8 Å². The van der Waals surface area contributed by atoms with Gasteiger partial charge in [0.25, 0.3) is 5.92 Å². The van der Waals surface area contributed by atoms with Crippen LogP contribution < -0.4 is 9.80 Å². The fourth-order valence-corrected chi connectivity index (χ4v) is 5.51. The van der Waals surface area contributed by atoms with Crippen molar-refractivity contribution in [3.63, 3.8) is 0 Å². The topological polar surface area (TPSA) is 69.6 Å². The summed E-state index contributed by atoms with van der Waals surface area (Å²) in [6, 6.07) is -0.423. The van der Waals surface area contributed by atoms with Gasteiger partial charge in [-0.2, -0.15) is 13.8 Å². The second-order valence-corrected chi connectivity index (χ2v) is 9.06. The highest BCUT2D eigenvalue weighted by atomic mass is 19.3. The number of aliphatic carboxylic acids is 1. The van der Waals surface area contributed by atoms with Crippen LogP contribution in [0.1, 0.15) is 43.9 Å². The molecule has 2 bridgehead atoms. The molecule has 9 heteroatoms. The number of anilines is 2. The van der Waals surface area contributed by atoms with Gasteiger partial charge in [0.05, 0.1) is 12.6 Å². The zero-order valence-corrected chi connectivity index (χ0v) is 16.3. The van der Waals surface area contributed by atoms with E-state index >= 15 is 0 Å². The van der Waals surface area contributed by atoms with Gasteiger partial charge in [-0.1, -0.05) is 0 Å². The number of nitrogens with zero attached hydrogens (tertiary/aromatic N) is 4. The van der Waals surface area contributed by atoms with Crippen molar-refractivity contribution in [2.24, 2.45) is 17.8 Å². The Morgan fingerprint density at radius 2 is 1.97 bits per heavy atom. The average Bonchev–Trinajstić information content (AvgIpc) is 2.69. The van der Waals surface area contributed by atoms with E-state index in [4.69, 9.17) is 5.11 Å². The van der Waals surface area contributed by atoms with Gasteiger partial charge in [-0.3, -0.25) is 4.79 Å². The molecule has 1 saturated carbocycles. The summed E-state index contributed by atoms with van der Waals surface area (Å²) in [6.07, 6.45) is 0.799. The number of carboxylic acids is 1. The highest BCUT2D eigenvalue weighted by Crippen LogP contribution is 2.50. The summed E-state index contributed by atoms with van der Waals surface area (Å²) in [5.74, 6) is -2.40. The first kappa shape index (κ1) is 18.9. The largest absolute Gasteiger partial charge is 0.481 e. The van der Waals surface area contributed by atoms with Crippen LogP contribution in [0.2, 0.25) is 0 Å². The molecule has 5 aliphatic rings. The summed E-state index contributed by atoms with van der Waals surface area (Å²) < 4.78 is 43.1. The van der Waals surface area contributed by atoms with Gasteiger partial charge in [0.1, 0.15) is 17.7 Å². The molecule has 2 unspecified atom stereocenters. The molecule has 6 rings (SSSR count). The maximum absolute atomic E-state index is 14.7. The highest BCUT2D eigenvalue weighted by Gasteiger charge is 2.49. The Balaban J connectivity index is 1.49. The second-order valence-electron chi connectivity index (χ2n) is 9.06. The fourth-order valence-electron chi connectivity index (χ4n) is 5.51. The van der Waals surface area contributed by atoms with Crippen LogP contribution >= 0.6 is 0 Å². The molecule has 0 aromatic carbocycles. The Kier molecular flexibility index (Phi) is 4.22. The van der Waals surface area contributed by atoms with Crippen LogP contribution in [0.4, 0.5) is 24.9 Å². The SMILES string of the molecule is C[C@H]1C(F)CN1c1nc(N2C[C@H]3C[C@@H](C2)C3CC(=O)O)c2c(n1)C(F)(F)CCC2. The van der Waals surface area contributed by atoms with Crippen LogP contribution in [-0.4, -0.2) is 52.9 Å². The van der Waals surface area contributed by atoms with Gasteiger partial charge >= 0.3 is 5.97 Å². The Labute approximate surface area is 167 Å². The average molecular weight is 410 g/mol. The van der Waals surface area contributed by atoms with Gasteiger partial charge < -0.3 is 14.9 Å². The van der Waals surface area contributed by atoms with Crippen LogP contribution in [0.5, 0.6) is 0 Å². The summed E-state index contributed by atoms with van der Waals surface area (Å²) in [4.78, 5) is 23.7. The molecular weight excluding hydrogens is 385 g/mol. The molecule has 29 heavy (non-hydrogen) atoms. The molecule has 0 radical (unpaired) electrons. The number of alkyl halides is 3. The van der Waals surface area contributed by atoms with E-state index in [9.17, 15) is 18.0 Å². The number of piperidine rings is 2. The molecule has 0 amide bonds. The monoisotopic (exact) mass is 410 g/mol. The lowest BCUT2D eigenvalue weighted by atomic mass is 9.60. The van der Waals surface area contributed by atoms with Crippen molar-refractivity contribution in [1.29, 1.82) is 0 Å². The molecular formula is C20H25F3N4O2. The Hall–Kier alpha value is -2.06. The number of carboxylic acid groups (broad SMARTS) is 1. The molecule has 1 N–H and O–H groups in total. The third-order valence-corrected chi connectivity index (χ3v) is 7.32. The summed E-state index contributed by atoms with van der Waals surface area (Å²) in [7, 11) is 0. The van der Waals surface area contributed by atoms with E-state index in [2.05, 4.69) is 9.97 Å². The summed E-state index contributed by atoms with van der Waals surface area (Å²) >= 11 is 0. The minimum Gasteiger partial charge on any atom is -0.481 e. The lowest BCUT2D eigenvalue weighted by Crippen LogP contribution is -2.58. The van der Waals surface area contributed by atoms with E-state index in [1.165, 1.54) is 0 Å². The van der Waals surface area contributed by atoms with Crippen molar-refractivity contribution in [2.45, 2.75) is 57.2 Å². The van der Waals surface area contributed by atoms with E-state index in [0.29, 0.717) is 37.3 Å². The molecule has 4 heterocycles. The second kappa shape index (κ2) is 6.47. The summed E-state index contributed by atoms with van der Waals surface area (Å²) in [5.41, 5.74) is 0.297. The fraction of sp³-hybridized carbons (Fsp3) is 0.750. The zero-order chi connectivity index (χ0) is 20.5. The van der Waals surface area contributed by atoms with Crippen molar-refractivity contribution < 1.29 is 23.1 Å². The van der Waals surface area contributed by atoms with Crippen LogP contribution in [0.25, 0.3) is 0 Å². The molecule has 6 nitrogen and oxygen atoms in total. The van der Waals surface area contributed by atoms with E-state index in [0.717, 1.165) is 6.42 Å². The van der Waals surface area contributed by atoms with Gasteiger partial charge in [-0.05, 0) is 43.9 Å². The number of rotatable bonds is 4. The molecule has 158 valence electrons. The smallest absolute Gasteiger partial charge is 0.303 e. The van der Waals surface area contributed by atoms with Crippen LogP contribution in [-0.2, 0) is 17.1 Å². The van der Waals surface area contributed by atoms with Crippen molar-refractivity contribution in [3.8, 4) is 0 Å². The molecule has 4 fully saturated rings. The predicted molar refractivity (Wildman–Crippen MR) is 100 cm³/mol. The number of hydrogen-bond acceptors (Lipinski definition) is 5. The first-order chi connectivity index (χ1) is 13.7. The lowest BCUT2D eigenvalue weighted by Gasteiger charge is -2.54. The maximum Gasteiger partial charge on any atom is 0.303 e. The molecule has 1 aromatic heterocycles. The molecule has 1 aromatic rings. The Morgan fingerprint density at radius 1 is 1.24 bits per heavy atom. The van der Waals surface area contributed by atoms with E-state index in [-0.39, 0.29) is 48.8 Å². The summed E-state index contributed by atoms with van der Waals surface area (Å²) in [5, 5.41) is 9.13. The number of hydrogen-bond donors (Lipinski definition) is 1. The van der Waals surface area contributed by atoms with Gasteiger partial charge in [0.15, 0.2) is 0 Å². The predicted octanol–water partition coefficient (Wildman–Crippen LogP) is 3.00. The normalized spacial score (nSPS) is 34.8. The van der Waals surface area contributed by atoms with E-state index in [1.807, 2.05) is 4.90 Å². The standard InChI is InChI=1S/C20H25F3N4O2/c1-10-15(21)9-27(10)19-24-17-13(3-2-4-20(17,22)23)18(25-19)26-7-11-5-12(8-26)14(11)6-16(28)29/h10-12,14-15H,2-9H2,1H3,(H,28,29)/t10-,11-,12+,14?,15?/m0/s1. The third-order valence-electron chi connectivity index (χ3n) is 7.32. The van der Waals surface area contributed by atoms with Crippen LogP contribution in [0, 0.1) is 17.8 Å². The number of aromatic nitrogens is 2. The maximum atomic E-state index is 14.7. The first-order valence-electron chi connectivity index (χ1n) is 10.4. The molecule has 0 spiro atoms. The molecule has 3 saturated heterocycles. The highest BCUT2D eigenvalue weighted by molar-refractivity contribution is 5.67. The van der Waals surface area contributed by atoms with Crippen molar-refractivity contribution in [3.05, 3.63) is 11.3 Å². The van der Waals surface area contributed by atoms with Gasteiger partial charge in [-0.15, -0.1) is 0 Å². The van der Waals surface area contributed by atoms with Crippen molar-refractivity contribution in [1.82, 2.24) is 9.97 Å². The van der Waals surface area contributed by atoms with E-state index < -0.39 is 24.1 Å². The molecule has 5 atom stereocenters. The zero-order valence-electron chi connectivity index (χ0n) is 16.3. The number of fused-ring (bicyclic) bond motifs is 3. The summed E-state index contributed by atoms with van der Waals surface area (Å²) in [6.45, 7) is 3.09. The lowest BCUT2D eigenvalue weighted by molar-refractivity contribution is -0.141. The van der Waals surface area contributed by atoms with Crippen LogP contribution in [0.15, 0.2) is 0 Å². The van der Waals surface area contributed by atoms with Gasteiger partial charge in [0, 0.05) is 31.5 Å². The molecule has 2 aliphatic carbocycles. The quantitative estimate of drug-likeness (QED) is 0.823. The minimum atomic E-state index is -3.01. The first-order valence-corrected chi connectivity index (χ1v) is 10.4.